The molecule has 1 aliphatic carbocycles. The molecule has 2 aliphatic rings. The number of nitrogens with one attached hydrogen (secondary N) is 1. The Hall–Kier alpha value is -0.120. The van der Waals surface area contributed by atoms with Gasteiger partial charge in [-0.05, 0) is 51.6 Å². The molecule has 1 saturated heterocycles. The molecule has 4 atom stereocenters. The van der Waals surface area contributed by atoms with Crippen molar-refractivity contribution in [2.45, 2.75) is 64.1 Å². The van der Waals surface area contributed by atoms with Crippen LogP contribution in [0.25, 0.3) is 0 Å². The first kappa shape index (κ1) is 14.3. The zero-order valence-electron chi connectivity index (χ0n) is 12.3. The second-order valence-electron chi connectivity index (χ2n) is 6.23. The van der Waals surface area contributed by atoms with Crippen LogP contribution in [0.2, 0.25) is 0 Å². The van der Waals surface area contributed by atoms with Crippen LogP contribution in [0.15, 0.2) is 0 Å². The van der Waals surface area contributed by atoms with Gasteiger partial charge in [0.2, 0.25) is 0 Å². The lowest BCUT2D eigenvalue weighted by Crippen LogP contribution is -2.55. The van der Waals surface area contributed by atoms with Crippen LogP contribution in [0.3, 0.4) is 0 Å². The van der Waals surface area contributed by atoms with E-state index in [1.807, 2.05) is 0 Å². The molecule has 0 radical (unpaired) electrons. The van der Waals surface area contributed by atoms with Gasteiger partial charge >= 0.3 is 0 Å². The molecule has 1 aliphatic heterocycles. The van der Waals surface area contributed by atoms with E-state index < -0.39 is 0 Å². The molecule has 2 rings (SSSR count). The van der Waals surface area contributed by atoms with E-state index in [2.05, 4.69) is 31.1 Å². The van der Waals surface area contributed by atoms with E-state index in [0.29, 0.717) is 18.1 Å². The number of likely N-dealkylation sites (N-methyl/N-ethyl adjacent to an activating group) is 1. The summed E-state index contributed by atoms with van der Waals surface area (Å²) in [5, 5.41) is 3.76. The number of hydrogen-bond donors (Lipinski definition) is 1. The van der Waals surface area contributed by atoms with Crippen molar-refractivity contribution in [2.24, 2.45) is 5.92 Å². The first-order valence-corrected chi connectivity index (χ1v) is 7.75. The van der Waals surface area contributed by atoms with Gasteiger partial charge < -0.3 is 10.1 Å². The highest BCUT2D eigenvalue weighted by Gasteiger charge is 2.34. The van der Waals surface area contributed by atoms with Gasteiger partial charge in [0.1, 0.15) is 0 Å². The third kappa shape index (κ3) is 3.46. The predicted octanol–water partition coefficient (Wildman–Crippen LogP) is 2.26. The van der Waals surface area contributed by atoms with Crippen LogP contribution in [0.5, 0.6) is 0 Å². The quantitative estimate of drug-likeness (QED) is 0.814. The first-order chi connectivity index (χ1) is 8.72. The Morgan fingerprint density at radius 1 is 1.28 bits per heavy atom. The summed E-state index contributed by atoms with van der Waals surface area (Å²) in [4.78, 5) is 2.61. The molecule has 0 spiro atoms. The molecule has 3 heteroatoms. The molecule has 0 bridgehead atoms. The fourth-order valence-electron chi connectivity index (χ4n) is 3.48. The van der Waals surface area contributed by atoms with E-state index in [0.717, 1.165) is 25.7 Å². The van der Waals surface area contributed by atoms with E-state index >= 15 is 0 Å². The molecule has 18 heavy (non-hydrogen) atoms. The average molecular weight is 254 g/mol. The molecular weight excluding hydrogens is 224 g/mol. The Morgan fingerprint density at radius 3 is 2.78 bits per heavy atom. The van der Waals surface area contributed by atoms with Crippen molar-refractivity contribution in [1.82, 2.24) is 10.2 Å². The lowest BCUT2D eigenvalue weighted by atomic mass is 9.82. The van der Waals surface area contributed by atoms with Crippen molar-refractivity contribution in [3.63, 3.8) is 0 Å². The Kier molecular flexibility index (Phi) is 5.46. The lowest BCUT2D eigenvalue weighted by molar-refractivity contribution is 0.0771. The van der Waals surface area contributed by atoms with Crippen molar-refractivity contribution in [3.05, 3.63) is 0 Å². The van der Waals surface area contributed by atoms with E-state index in [9.17, 15) is 0 Å². The molecule has 1 N–H and O–H groups in total. The molecular formula is C15H30N2O. The number of nitrogens with zero attached hydrogens (tertiary/aromatic N) is 1. The van der Waals surface area contributed by atoms with Crippen molar-refractivity contribution < 1.29 is 4.74 Å². The van der Waals surface area contributed by atoms with Gasteiger partial charge in [-0.25, -0.2) is 0 Å². The minimum atomic E-state index is 0.645. The third-order valence-electron chi connectivity index (χ3n) is 4.74. The fraction of sp³-hybridized carbons (Fsp3) is 1.00. The Balaban J connectivity index is 1.94. The van der Waals surface area contributed by atoms with E-state index in [1.165, 1.54) is 32.1 Å². The van der Waals surface area contributed by atoms with Crippen LogP contribution in [-0.4, -0.2) is 49.8 Å². The van der Waals surface area contributed by atoms with E-state index in [4.69, 9.17) is 4.74 Å². The highest BCUT2D eigenvalue weighted by atomic mass is 16.5. The number of ether oxygens (including phenoxy) is 1. The van der Waals surface area contributed by atoms with Gasteiger partial charge in [0.05, 0.1) is 6.61 Å². The molecule has 0 aromatic carbocycles. The Bertz CT molecular complexity index is 239. The maximum atomic E-state index is 5.55. The minimum Gasteiger partial charge on any atom is -0.380 e. The largest absolute Gasteiger partial charge is 0.380 e. The summed E-state index contributed by atoms with van der Waals surface area (Å²) in [5.41, 5.74) is 0. The third-order valence-corrected chi connectivity index (χ3v) is 4.74. The van der Waals surface area contributed by atoms with Crippen LogP contribution in [0.4, 0.5) is 0 Å². The first-order valence-electron chi connectivity index (χ1n) is 7.75. The van der Waals surface area contributed by atoms with Crippen molar-refractivity contribution >= 4 is 0 Å². The molecule has 0 aromatic rings. The monoisotopic (exact) mass is 254 g/mol. The van der Waals surface area contributed by atoms with E-state index in [-0.39, 0.29) is 0 Å². The summed E-state index contributed by atoms with van der Waals surface area (Å²) in [6, 6.07) is 2.03. The zero-order chi connectivity index (χ0) is 13.0. The molecule has 2 fully saturated rings. The normalized spacial score (nSPS) is 37.3. The minimum absolute atomic E-state index is 0.645. The van der Waals surface area contributed by atoms with Gasteiger partial charge in [-0.15, -0.1) is 0 Å². The highest BCUT2D eigenvalue weighted by molar-refractivity contribution is 4.92. The lowest BCUT2D eigenvalue weighted by Gasteiger charge is -2.43. The summed E-state index contributed by atoms with van der Waals surface area (Å²) < 4.78 is 5.55. The smallest absolute Gasteiger partial charge is 0.0622 e. The summed E-state index contributed by atoms with van der Waals surface area (Å²) in [5.74, 6) is 0.874. The Morgan fingerprint density at radius 2 is 2.11 bits per heavy atom. The zero-order valence-corrected chi connectivity index (χ0v) is 12.3. The maximum Gasteiger partial charge on any atom is 0.0622 e. The van der Waals surface area contributed by atoms with Gasteiger partial charge in [-0.2, -0.15) is 0 Å². The van der Waals surface area contributed by atoms with Crippen molar-refractivity contribution in [2.75, 3.05) is 26.8 Å². The second kappa shape index (κ2) is 6.88. The van der Waals surface area contributed by atoms with Gasteiger partial charge in [0, 0.05) is 24.7 Å². The fourth-order valence-corrected chi connectivity index (χ4v) is 3.48. The van der Waals surface area contributed by atoms with Crippen LogP contribution >= 0.6 is 0 Å². The van der Waals surface area contributed by atoms with Crippen LogP contribution in [0, 0.1) is 5.92 Å². The molecule has 0 amide bonds. The molecule has 1 saturated carbocycles. The maximum absolute atomic E-state index is 5.55. The summed E-state index contributed by atoms with van der Waals surface area (Å²) in [6.07, 6.45) is 6.50. The van der Waals surface area contributed by atoms with E-state index in [1.54, 1.807) is 0 Å². The van der Waals surface area contributed by atoms with Gasteiger partial charge in [-0.3, -0.25) is 4.90 Å². The number of hydrogen-bond acceptors (Lipinski definition) is 3. The second-order valence-corrected chi connectivity index (χ2v) is 6.23. The molecule has 106 valence electrons. The summed E-state index contributed by atoms with van der Waals surface area (Å²) in [6.45, 7) is 7.70. The molecule has 4 unspecified atom stereocenters. The molecule has 3 nitrogen and oxygen atoms in total. The van der Waals surface area contributed by atoms with Gasteiger partial charge in [0.15, 0.2) is 0 Å². The highest BCUT2D eigenvalue weighted by Crippen LogP contribution is 2.29. The summed E-state index contributed by atoms with van der Waals surface area (Å²) >= 11 is 0. The molecule has 1 heterocycles. The Labute approximate surface area is 112 Å². The number of rotatable bonds is 5. The van der Waals surface area contributed by atoms with Gasteiger partial charge in [0.25, 0.3) is 0 Å². The topological polar surface area (TPSA) is 24.5 Å². The van der Waals surface area contributed by atoms with Crippen LogP contribution < -0.4 is 5.32 Å². The SMILES string of the molecule is CCCNC1CCC(C)CC1N(C)C1CCOC1. The summed E-state index contributed by atoms with van der Waals surface area (Å²) in [7, 11) is 2.31. The standard InChI is InChI=1S/C15H30N2O/c1-4-8-16-14-6-5-12(2)10-15(14)17(3)13-7-9-18-11-13/h12-16H,4-11H2,1-3H3. The van der Waals surface area contributed by atoms with Crippen molar-refractivity contribution in [1.29, 1.82) is 0 Å². The van der Waals surface area contributed by atoms with Gasteiger partial charge in [-0.1, -0.05) is 13.8 Å². The predicted molar refractivity (Wildman–Crippen MR) is 75.9 cm³/mol. The average Bonchev–Trinajstić information content (AvgIpc) is 2.90. The van der Waals surface area contributed by atoms with Crippen LogP contribution in [-0.2, 0) is 4.74 Å². The molecule has 0 aromatic heterocycles. The van der Waals surface area contributed by atoms with Crippen molar-refractivity contribution in [3.8, 4) is 0 Å². The van der Waals surface area contributed by atoms with Crippen LogP contribution in [0.1, 0.15) is 46.0 Å².